The highest BCUT2D eigenvalue weighted by Gasteiger charge is 2.43. The zero-order valence-corrected chi connectivity index (χ0v) is 11.0. The number of nitrogens with one attached hydrogen (secondary N) is 1. The third kappa shape index (κ3) is 3.08. The van der Waals surface area contributed by atoms with E-state index >= 15 is 0 Å². The number of hydrogen-bond acceptors (Lipinski definition) is 2. The SMILES string of the molecule is CCc1cccc(C2(NCC[C@H](C)N)CC2)c1. The summed E-state index contributed by atoms with van der Waals surface area (Å²) in [6, 6.07) is 9.29. The summed E-state index contributed by atoms with van der Waals surface area (Å²) in [5.74, 6) is 0. The molecule has 0 aliphatic heterocycles. The van der Waals surface area contributed by atoms with Gasteiger partial charge in [0, 0.05) is 11.6 Å². The van der Waals surface area contributed by atoms with Gasteiger partial charge in [-0.15, -0.1) is 0 Å². The van der Waals surface area contributed by atoms with Gasteiger partial charge in [0.2, 0.25) is 0 Å². The van der Waals surface area contributed by atoms with Crippen molar-refractivity contribution >= 4 is 0 Å². The predicted molar refractivity (Wildman–Crippen MR) is 73.0 cm³/mol. The van der Waals surface area contributed by atoms with Crippen LogP contribution in [-0.2, 0) is 12.0 Å². The van der Waals surface area contributed by atoms with Crippen LogP contribution in [0.5, 0.6) is 0 Å². The Bertz CT molecular complexity index is 367. The summed E-state index contributed by atoms with van der Waals surface area (Å²) in [5, 5.41) is 3.69. The molecule has 0 unspecified atom stereocenters. The van der Waals surface area contributed by atoms with Crippen LogP contribution in [-0.4, -0.2) is 12.6 Å². The molecule has 1 atom stereocenters. The van der Waals surface area contributed by atoms with Crippen molar-refractivity contribution in [3.8, 4) is 0 Å². The lowest BCUT2D eigenvalue weighted by atomic mass is 10.0. The van der Waals surface area contributed by atoms with Crippen molar-refractivity contribution in [2.45, 2.75) is 51.1 Å². The van der Waals surface area contributed by atoms with Gasteiger partial charge in [-0.1, -0.05) is 31.2 Å². The molecule has 94 valence electrons. The third-order valence-corrected chi connectivity index (χ3v) is 3.70. The molecule has 1 aromatic carbocycles. The minimum Gasteiger partial charge on any atom is -0.328 e. The second-order valence-corrected chi connectivity index (χ2v) is 5.33. The van der Waals surface area contributed by atoms with E-state index in [1.54, 1.807) is 0 Å². The molecular weight excluding hydrogens is 208 g/mol. The van der Waals surface area contributed by atoms with Crippen molar-refractivity contribution in [2.75, 3.05) is 6.54 Å². The first kappa shape index (κ1) is 12.6. The van der Waals surface area contributed by atoms with Crippen LogP contribution in [0.3, 0.4) is 0 Å². The monoisotopic (exact) mass is 232 g/mol. The van der Waals surface area contributed by atoms with Gasteiger partial charge in [0.25, 0.3) is 0 Å². The van der Waals surface area contributed by atoms with E-state index in [-0.39, 0.29) is 5.54 Å². The predicted octanol–water partition coefficient (Wildman–Crippen LogP) is 2.57. The Kier molecular flexibility index (Phi) is 3.85. The Morgan fingerprint density at radius 1 is 1.41 bits per heavy atom. The maximum atomic E-state index is 5.79. The molecule has 2 rings (SSSR count). The van der Waals surface area contributed by atoms with E-state index < -0.39 is 0 Å². The summed E-state index contributed by atoms with van der Waals surface area (Å²) in [6.45, 7) is 5.30. The van der Waals surface area contributed by atoms with Crippen molar-refractivity contribution < 1.29 is 0 Å². The third-order valence-electron chi connectivity index (χ3n) is 3.70. The molecule has 0 spiro atoms. The number of hydrogen-bond donors (Lipinski definition) is 2. The summed E-state index contributed by atoms with van der Waals surface area (Å²) in [4.78, 5) is 0. The summed E-state index contributed by atoms with van der Waals surface area (Å²) < 4.78 is 0. The summed E-state index contributed by atoms with van der Waals surface area (Å²) in [7, 11) is 0. The second-order valence-electron chi connectivity index (χ2n) is 5.33. The van der Waals surface area contributed by atoms with Gasteiger partial charge in [-0.2, -0.15) is 0 Å². The van der Waals surface area contributed by atoms with Crippen LogP contribution < -0.4 is 11.1 Å². The smallest absolute Gasteiger partial charge is 0.0436 e. The van der Waals surface area contributed by atoms with E-state index in [0.717, 1.165) is 19.4 Å². The Labute approximate surface area is 105 Å². The van der Waals surface area contributed by atoms with Gasteiger partial charge in [-0.05, 0) is 50.3 Å². The van der Waals surface area contributed by atoms with Gasteiger partial charge >= 0.3 is 0 Å². The molecule has 0 heterocycles. The zero-order chi connectivity index (χ0) is 12.3. The minimum absolute atomic E-state index is 0.264. The average molecular weight is 232 g/mol. The molecule has 2 nitrogen and oxygen atoms in total. The molecule has 3 N–H and O–H groups in total. The lowest BCUT2D eigenvalue weighted by Gasteiger charge is -2.19. The van der Waals surface area contributed by atoms with E-state index in [0.29, 0.717) is 6.04 Å². The molecule has 0 aromatic heterocycles. The highest BCUT2D eigenvalue weighted by Crippen LogP contribution is 2.45. The fraction of sp³-hybridized carbons (Fsp3) is 0.600. The first-order valence-electron chi connectivity index (χ1n) is 6.76. The maximum absolute atomic E-state index is 5.79. The number of nitrogens with two attached hydrogens (primary N) is 1. The molecule has 2 heteroatoms. The fourth-order valence-corrected chi connectivity index (χ4v) is 2.32. The molecule has 1 fully saturated rings. The highest BCUT2D eigenvalue weighted by atomic mass is 15.0. The van der Waals surface area contributed by atoms with Crippen LogP contribution in [0.1, 0.15) is 44.2 Å². The van der Waals surface area contributed by atoms with Gasteiger partial charge in [-0.3, -0.25) is 0 Å². The normalized spacial score (nSPS) is 19.0. The van der Waals surface area contributed by atoms with Crippen LogP contribution in [0, 0.1) is 0 Å². The van der Waals surface area contributed by atoms with E-state index in [4.69, 9.17) is 5.73 Å². The van der Waals surface area contributed by atoms with Crippen molar-refractivity contribution in [3.63, 3.8) is 0 Å². The van der Waals surface area contributed by atoms with Crippen molar-refractivity contribution in [3.05, 3.63) is 35.4 Å². The molecule has 1 aliphatic carbocycles. The van der Waals surface area contributed by atoms with Gasteiger partial charge in [0.05, 0.1) is 0 Å². The van der Waals surface area contributed by atoms with E-state index in [1.807, 2.05) is 0 Å². The first-order chi connectivity index (χ1) is 8.16. The summed E-state index contributed by atoms with van der Waals surface area (Å²) in [6.07, 6.45) is 4.69. The van der Waals surface area contributed by atoms with Crippen LogP contribution in [0.25, 0.3) is 0 Å². The molecule has 17 heavy (non-hydrogen) atoms. The lowest BCUT2D eigenvalue weighted by molar-refractivity contribution is 0.489. The summed E-state index contributed by atoms with van der Waals surface area (Å²) in [5.41, 5.74) is 8.94. The molecular formula is C15H24N2. The number of benzene rings is 1. The largest absolute Gasteiger partial charge is 0.328 e. The van der Waals surface area contributed by atoms with Gasteiger partial charge in [0.1, 0.15) is 0 Å². The molecule has 0 radical (unpaired) electrons. The second kappa shape index (κ2) is 5.19. The molecule has 1 aliphatic rings. The average Bonchev–Trinajstić information content (AvgIpc) is 3.10. The first-order valence-corrected chi connectivity index (χ1v) is 6.76. The van der Waals surface area contributed by atoms with Gasteiger partial charge in [-0.25, -0.2) is 0 Å². The van der Waals surface area contributed by atoms with Crippen molar-refractivity contribution in [1.82, 2.24) is 5.32 Å². The van der Waals surface area contributed by atoms with Crippen LogP contribution in [0.4, 0.5) is 0 Å². The molecule has 0 saturated heterocycles. The topological polar surface area (TPSA) is 38.0 Å². The Hall–Kier alpha value is -0.860. The Balaban J connectivity index is 1.99. The molecule has 1 saturated carbocycles. The van der Waals surface area contributed by atoms with Crippen LogP contribution in [0.2, 0.25) is 0 Å². The van der Waals surface area contributed by atoms with E-state index in [2.05, 4.69) is 43.4 Å². The van der Waals surface area contributed by atoms with E-state index in [9.17, 15) is 0 Å². The minimum atomic E-state index is 0.264. The molecule has 0 bridgehead atoms. The Morgan fingerprint density at radius 2 is 2.18 bits per heavy atom. The van der Waals surface area contributed by atoms with Crippen molar-refractivity contribution in [2.24, 2.45) is 5.73 Å². The lowest BCUT2D eigenvalue weighted by Crippen LogP contribution is -2.32. The van der Waals surface area contributed by atoms with Gasteiger partial charge < -0.3 is 11.1 Å². The summed E-state index contributed by atoms with van der Waals surface area (Å²) >= 11 is 0. The number of aryl methyl sites for hydroxylation is 1. The maximum Gasteiger partial charge on any atom is 0.0436 e. The highest BCUT2D eigenvalue weighted by molar-refractivity contribution is 5.33. The van der Waals surface area contributed by atoms with E-state index in [1.165, 1.54) is 24.0 Å². The number of rotatable bonds is 6. The fourth-order valence-electron chi connectivity index (χ4n) is 2.32. The molecule has 0 amide bonds. The Morgan fingerprint density at radius 3 is 2.76 bits per heavy atom. The van der Waals surface area contributed by atoms with Crippen LogP contribution in [0.15, 0.2) is 24.3 Å². The quantitative estimate of drug-likeness (QED) is 0.791. The zero-order valence-electron chi connectivity index (χ0n) is 11.0. The molecule has 1 aromatic rings. The van der Waals surface area contributed by atoms with Crippen molar-refractivity contribution in [1.29, 1.82) is 0 Å². The van der Waals surface area contributed by atoms with Crippen LogP contribution >= 0.6 is 0 Å². The van der Waals surface area contributed by atoms with Gasteiger partial charge in [0.15, 0.2) is 0 Å². The standard InChI is InChI=1S/C15H24N2/c1-3-13-5-4-6-14(11-13)15(8-9-15)17-10-7-12(2)16/h4-6,11-12,17H,3,7-10,16H2,1-2H3/t12-/m0/s1.